The van der Waals surface area contributed by atoms with E-state index in [-0.39, 0.29) is 11.7 Å². The van der Waals surface area contributed by atoms with Crippen molar-refractivity contribution in [2.24, 2.45) is 5.73 Å². The minimum absolute atomic E-state index is 0.161. The van der Waals surface area contributed by atoms with Gasteiger partial charge in [-0.05, 0) is 36.9 Å². The molecule has 0 aliphatic carbocycles. The average Bonchev–Trinajstić information content (AvgIpc) is 3.25. The maximum Gasteiger partial charge on any atom is 0.251 e. The Bertz CT molecular complexity index is 983. The van der Waals surface area contributed by atoms with Gasteiger partial charge >= 0.3 is 0 Å². The highest BCUT2D eigenvalue weighted by atomic mass is 32.2. The van der Waals surface area contributed by atoms with Crippen LogP contribution in [0, 0.1) is 13.8 Å². The fourth-order valence-electron chi connectivity index (χ4n) is 2.28. The van der Waals surface area contributed by atoms with Gasteiger partial charge in [0.1, 0.15) is 5.00 Å². The van der Waals surface area contributed by atoms with Gasteiger partial charge in [-0.2, -0.15) is 0 Å². The molecule has 7 nitrogen and oxygen atoms in total. The lowest BCUT2D eigenvalue weighted by molar-refractivity contribution is -0.113. The lowest BCUT2D eigenvalue weighted by atomic mass is 10.1. The SMILES string of the molecule is Cc1ccc(Nc2nnc(SCC(=O)Nc3sccc3C(N)=O)s2)c(C)c1. The van der Waals surface area contributed by atoms with E-state index < -0.39 is 5.91 Å². The molecule has 3 aromatic rings. The normalized spacial score (nSPS) is 10.6. The molecule has 2 heterocycles. The van der Waals surface area contributed by atoms with E-state index in [4.69, 9.17) is 5.73 Å². The number of aromatic nitrogens is 2. The molecule has 0 fully saturated rings. The summed E-state index contributed by atoms with van der Waals surface area (Å²) >= 11 is 3.92. The molecule has 0 saturated heterocycles. The molecule has 0 radical (unpaired) electrons. The number of nitrogens with two attached hydrogens (primary N) is 1. The first-order valence-corrected chi connectivity index (χ1v) is 10.6. The zero-order valence-corrected chi connectivity index (χ0v) is 17.1. The zero-order chi connectivity index (χ0) is 19.4. The second-order valence-electron chi connectivity index (χ2n) is 5.68. The second kappa shape index (κ2) is 8.51. The molecule has 0 aliphatic rings. The first-order valence-electron chi connectivity index (χ1n) is 7.90. The number of hydrogen-bond acceptors (Lipinski definition) is 8. The van der Waals surface area contributed by atoms with Crippen LogP contribution in [0.2, 0.25) is 0 Å². The molecular weight excluding hydrogens is 402 g/mol. The van der Waals surface area contributed by atoms with Crippen molar-refractivity contribution in [1.29, 1.82) is 0 Å². The number of rotatable bonds is 7. The molecule has 27 heavy (non-hydrogen) atoms. The van der Waals surface area contributed by atoms with Crippen molar-refractivity contribution in [3.05, 3.63) is 46.3 Å². The smallest absolute Gasteiger partial charge is 0.251 e. The predicted molar refractivity (Wildman–Crippen MR) is 111 cm³/mol. The molecule has 140 valence electrons. The fraction of sp³-hybridized carbons (Fsp3) is 0.176. The summed E-state index contributed by atoms with van der Waals surface area (Å²) < 4.78 is 0.679. The van der Waals surface area contributed by atoms with Gasteiger partial charge in [0, 0.05) is 5.69 Å². The van der Waals surface area contributed by atoms with Gasteiger partial charge in [0.05, 0.1) is 11.3 Å². The van der Waals surface area contributed by atoms with Crippen molar-refractivity contribution in [2.45, 2.75) is 18.2 Å². The standard InChI is InChI=1S/C17H17N5O2S3/c1-9-3-4-12(10(2)7-9)19-16-21-22-17(27-16)26-8-13(23)20-15-11(14(18)24)5-6-25-15/h3-7H,8H2,1-2H3,(H2,18,24)(H,19,21)(H,20,23). The summed E-state index contributed by atoms with van der Waals surface area (Å²) in [5, 5.41) is 17.0. The molecule has 2 aromatic heterocycles. The van der Waals surface area contributed by atoms with Crippen LogP contribution in [-0.4, -0.2) is 27.8 Å². The van der Waals surface area contributed by atoms with Gasteiger partial charge in [-0.3, -0.25) is 9.59 Å². The number of benzene rings is 1. The number of anilines is 3. The number of carbonyl (C=O) groups excluding carboxylic acids is 2. The van der Waals surface area contributed by atoms with Gasteiger partial charge in [0.2, 0.25) is 11.0 Å². The molecule has 3 rings (SSSR count). The summed E-state index contributed by atoms with van der Waals surface area (Å²) in [6.45, 7) is 4.07. The van der Waals surface area contributed by atoms with E-state index in [0.29, 0.717) is 20.0 Å². The Balaban J connectivity index is 1.55. The van der Waals surface area contributed by atoms with Crippen LogP contribution < -0.4 is 16.4 Å². The van der Waals surface area contributed by atoms with Crippen LogP contribution in [0.15, 0.2) is 34.0 Å². The summed E-state index contributed by atoms with van der Waals surface area (Å²) in [5.74, 6) is -0.636. The van der Waals surface area contributed by atoms with Crippen molar-refractivity contribution < 1.29 is 9.59 Å². The highest BCUT2D eigenvalue weighted by Crippen LogP contribution is 2.29. The van der Waals surface area contributed by atoms with E-state index >= 15 is 0 Å². The van der Waals surface area contributed by atoms with Crippen LogP contribution in [0.5, 0.6) is 0 Å². The monoisotopic (exact) mass is 419 g/mol. The van der Waals surface area contributed by atoms with Crippen molar-refractivity contribution in [2.75, 3.05) is 16.4 Å². The summed E-state index contributed by atoms with van der Waals surface area (Å²) in [6, 6.07) is 7.71. The first-order chi connectivity index (χ1) is 12.9. The third-order valence-corrected chi connectivity index (χ3v) is 6.34. The van der Waals surface area contributed by atoms with Crippen molar-refractivity contribution >= 4 is 62.1 Å². The van der Waals surface area contributed by atoms with E-state index in [1.807, 2.05) is 26.0 Å². The van der Waals surface area contributed by atoms with Crippen LogP contribution in [0.1, 0.15) is 21.5 Å². The lowest BCUT2D eigenvalue weighted by Crippen LogP contribution is -2.17. The number of nitrogens with one attached hydrogen (secondary N) is 2. The van der Waals surface area contributed by atoms with Crippen LogP contribution in [0.25, 0.3) is 0 Å². The predicted octanol–water partition coefficient (Wildman–Crippen LogP) is 3.79. The topological polar surface area (TPSA) is 110 Å². The van der Waals surface area contributed by atoms with Crippen LogP contribution in [-0.2, 0) is 4.79 Å². The zero-order valence-electron chi connectivity index (χ0n) is 14.6. The highest BCUT2D eigenvalue weighted by molar-refractivity contribution is 8.01. The Labute approximate surface area is 168 Å². The Morgan fingerprint density at radius 2 is 2.04 bits per heavy atom. The molecule has 1 aromatic carbocycles. The van der Waals surface area contributed by atoms with Crippen molar-refractivity contribution in [3.8, 4) is 0 Å². The Morgan fingerprint density at radius 1 is 1.22 bits per heavy atom. The maximum atomic E-state index is 12.1. The third kappa shape index (κ3) is 5.06. The molecule has 0 saturated carbocycles. The van der Waals surface area contributed by atoms with E-state index in [9.17, 15) is 9.59 Å². The Morgan fingerprint density at radius 3 is 2.78 bits per heavy atom. The van der Waals surface area contributed by atoms with Crippen molar-refractivity contribution in [3.63, 3.8) is 0 Å². The van der Waals surface area contributed by atoms with E-state index in [2.05, 4.69) is 26.9 Å². The second-order valence-corrected chi connectivity index (χ2v) is 8.80. The van der Waals surface area contributed by atoms with E-state index in [0.717, 1.165) is 11.3 Å². The number of primary amides is 1. The molecule has 4 N–H and O–H groups in total. The number of amides is 2. The van der Waals surface area contributed by atoms with Gasteiger partial charge < -0.3 is 16.4 Å². The maximum absolute atomic E-state index is 12.1. The number of thiophene rings is 1. The molecule has 10 heteroatoms. The molecule has 2 amide bonds. The van der Waals surface area contributed by atoms with Gasteiger partial charge in [-0.15, -0.1) is 21.5 Å². The van der Waals surface area contributed by atoms with Crippen LogP contribution >= 0.6 is 34.4 Å². The number of thioether (sulfide) groups is 1. The number of aryl methyl sites for hydroxylation is 2. The fourth-order valence-corrected chi connectivity index (χ4v) is 4.65. The van der Waals surface area contributed by atoms with Gasteiger partial charge in [0.15, 0.2) is 4.34 Å². The average molecular weight is 420 g/mol. The highest BCUT2D eigenvalue weighted by Gasteiger charge is 2.14. The van der Waals surface area contributed by atoms with Gasteiger partial charge in [-0.25, -0.2) is 0 Å². The van der Waals surface area contributed by atoms with Crippen LogP contribution in [0.4, 0.5) is 15.8 Å². The third-order valence-electron chi connectivity index (χ3n) is 3.54. The van der Waals surface area contributed by atoms with Crippen LogP contribution in [0.3, 0.4) is 0 Å². The minimum atomic E-state index is -0.564. The van der Waals surface area contributed by atoms with E-state index in [1.54, 1.807) is 11.4 Å². The molecule has 0 atom stereocenters. The summed E-state index contributed by atoms with van der Waals surface area (Å²) in [7, 11) is 0. The summed E-state index contributed by atoms with van der Waals surface area (Å²) in [6.07, 6.45) is 0. The summed E-state index contributed by atoms with van der Waals surface area (Å²) in [5.41, 5.74) is 8.88. The molecule has 0 spiro atoms. The summed E-state index contributed by atoms with van der Waals surface area (Å²) in [4.78, 5) is 23.4. The molecule has 0 unspecified atom stereocenters. The molecular formula is C17H17N5O2S3. The molecule has 0 bridgehead atoms. The largest absolute Gasteiger partial charge is 0.366 e. The van der Waals surface area contributed by atoms with Crippen molar-refractivity contribution in [1.82, 2.24) is 10.2 Å². The minimum Gasteiger partial charge on any atom is -0.366 e. The lowest BCUT2D eigenvalue weighted by Gasteiger charge is -2.06. The number of carbonyl (C=O) groups is 2. The number of nitrogens with zero attached hydrogens (tertiary/aromatic N) is 2. The number of hydrogen-bond donors (Lipinski definition) is 3. The van der Waals surface area contributed by atoms with Gasteiger partial charge in [-0.1, -0.05) is 40.8 Å². The Hall–Kier alpha value is -2.43. The Kier molecular flexibility index (Phi) is 6.09. The van der Waals surface area contributed by atoms with E-state index in [1.165, 1.54) is 40.0 Å². The first kappa shape index (κ1) is 19.3. The molecule has 0 aliphatic heterocycles. The quantitative estimate of drug-likeness (QED) is 0.503. The van der Waals surface area contributed by atoms with Gasteiger partial charge in [0.25, 0.3) is 5.91 Å².